The molecule has 0 aromatic carbocycles. The van der Waals surface area contributed by atoms with Crippen LogP contribution in [0.4, 0.5) is 0 Å². The summed E-state index contributed by atoms with van der Waals surface area (Å²) in [7, 11) is 0. The van der Waals surface area contributed by atoms with Gasteiger partial charge in [0, 0.05) is 12.3 Å². The molecule has 142 valence electrons. The van der Waals surface area contributed by atoms with Crippen molar-refractivity contribution in [1.29, 1.82) is 0 Å². The van der Waals surface area contributed by atoms with Gasteiger partial charge in [-0.3, -0.25) is 4.79 Å². The Morgan fingerprint density at radius 3 is 2.44 bits per heavy atom. The molecule has 0 amide bonds. The molecular formula is C22H36O3. The second-order valence-electron chi connectivity index (χ2n) is 9.37. The van der Waals surface area contributed by atoms with Crippen molar-refractivity contribution in [2.75, 3.05) is 0 Å². The Labute approximate surface area is 153 Å². The maximum Gasteiger partial charge on any atom is 0.302 e. The third-order valence-corrected chi connectivity index (χ3v) is 7.31. The van der Waals surface area contributed by atoms with E-state index in [2.05, 4.69) is 33.9 Å². The van der Waals surface area contributed by atoms with E-state index >= 15 is 0 Å². The average Bonchev–Trinajstić information content (AvgIpc) is 2.48. The number of rotatable bonds is 5. The molecule has 2 saturated carbocycles. The van der Waals surface area contributed by atoms with Gasteiger partial charge in [-0.1, -0.05) is 45.6 Å². The topological polar surface area (TPSA) is 46.5 Å². The van der Waals surface area contributed by atoms with Gasteiger partial charge in [-0.15, -0.1) is 0 Å². The molecule has 2 aliphatic carbocycles. The van der Waals surface area contributed by atoms with Crippen LogP contribution in [0.2, 0.25) is 0 Å². The number of allylic oxidation sites excluding steroid dienone is 2. The minimum Gasteiger partial charge on any atom is -0.462 e. The van der Waals surface area contributed by atoms with Crippen molar-refractivity contribution in [2.45, 2.75) is 84.8 Å². The second kappa shape index (κ2) is 6.90. The summed E-state index contributed by atoms with van der Waals surface area (Å²) >= 11 is 0. The predicted molar refractivity (Wildman–Crippen MR) is 102 cm³/mol. The van der Waals surface area contributed by atoms with Gasteiger partial charge in [0.2, 0.25) is 0 Å². The summed E-state index contributed by atoms with van der Waals surface area (Å²) in [5, 5.41) is 11.2. The van der Waals surface area contributed by atoms with E-state index < -0.39 is 5.60 Å². The molecule has 2 fully saturated rings. The van der Waals surface area contributed by atoms with Crippen LogP contribution in [0.3, 0.4) is 0 Å². The number of fused-ring (bicyclic) bond motifs is 1. The highest BCUT2D eigenvalue weighted by Gasteiger charge is 2.60. The van der Waals surface area contributed by atoms with E-state index in [4.69, 9.17) is 4.74 Å². The summed E-state index contributed by atoms with van der Waals surface area (Å²) in [5.74, 6) is 0.455. The van der Waals surface area contributed by atoms with Gasteiger partial charge in [0.1, 0.15) is 6.10 Å². The van der Waals surface area contributed by atoms with Gasteiger partial charge in [0.05, 0.1) is 5.60 Å². The number of carbonyl (C=O) groups excluding carboxylic acids is 1. The van der Waals surface area contributed by atoms with E-state index in [0.717, 1.165) is 44.1 Å². The molecule has 0 aromatic rings. The normalized spacial score (nSPS) is 40.0. The molecule has 0 heterocycles. The zero-order valence-electron chi connectivity index (χ0n) is 16.7. The molecule has 3 nitrogen and oxygen atoms in total. The highest BCUT2D eigenvalue weighted by Crippen LogP contribution is 2.63. The molecular weight excluding hydrogens is 312 g/mol. The van der Waals surface area contributed by atoms with Gasteiger partial charge in [0.25, 0.3) is 0 Å². The Kier molecular flexibility index (Phi) is 5.59. The SMILES string of the molecule is C=CC(=C)CC[C@H]1[C@]2(C)CC[C@@H](OC(C)=O)C(C)(C)[C@H]2CC[C@]1(C)O. The highest BCUT2D eigenvalue weighted by atomic mass is 16.5. The fraction of sp³-hybridized carbons (Fsp3) is 0.773. The summed E-state index contributed by atoms with van der Waals surface area (Å²) in [4.78, 5) is 11.5. The van der Waals surface area contributed by atoms with Crippen molar-refractivity contribution >= 4 is 5.97 Å². The van der Waals surface area contributed by atoms with Crippen LogP contribution in [0, 0.1) is 22.7 Å². The van der Waals surface area contributed by atoms with Crippen LogP contribution in [0.5, 0.6) is 0 Å². The maximum atomic E-state index is 11.5. The van der Waals surface area contributed by atoms with E-state index in [9.17, 15) is 9.90 Å². The molecule has 0 aromatic heterocycles. The molecule has 0 radical (unpaired) electrons. The van der Waals surface area contributed by atoms with Crippen LogP contribution in [-0.2, 0) is 9.53 Å². The Bertz CT molecular complexity index is 545. The zero-order valence-corrected chi connectivity index (χ0v) is 16.7. The summed E-state index contributed by atoms with van der Waals surface area (Å²) in [5.41, 5.74) is 0.345. The Balaban J connectivity index is 2.31. The van der Waals surface area contributed by atoms with Gasteiger partial charge >= 0.3 is 5.97 Å². The summed E-state index contributed by atoms with van der Waals surface area (Å²) in [6, 6.07) is 0. The largest absolute Gasteiger partial charge is 0.462 e. The van der Waals surface area contributed by atoms with Gasteiger partial charge in [-0.25, -0.2) is 0 Å². The van der Waals surface area contributed by atoms with Gasteiger partial charge in [-0.2, -0.15) is 0 Å². The molecule has 1 N–H and O–H groups in total. The molecule has 0 spiro atoms. The van der Waals surface area contributed by atoms with E-state index in [0.29, 0.717) is 5.92 Å². The standard InChI is InChI=1S/C22H36O3/c1-8-15(2)9-10-18-21(6)13-12-19(25-16(3)23)20(4,5)17(21)11-14-22(18,7)24/h8,17-19,24H,1-2,9-14H2,3-7H3/t17-,18+,19-,21-,22+/m1/s1. The number of aliphatic hydroxyl groups is 1. The molecule has 0 unspecified atom stereocenters. The number of carbonyl (C=O) groups is 1. The lowest BCUT2D eigenvalue weighted by Gasteiger charge is -2.62. The first kappa shape index (κ1) is 20.2. The lowest BCUT2D eigenvalue weighted by Crippen LogP contribution is -2.61. The monoisotopic (exact) mass is 348 g/mol. The Morgan fingerprint density at radius 1 is 1.24 bits per heavy atom. The fourth-order valence-corrected chi connectivity index (χ4v) is 5.99. The third kappa shape index (κ3) is 3.72. The summed E-state index contributed by atoms with van der Waals surface area (Å²) in [6.07, 6.45) is 7.23. The van der Waals surface area contributed by atoms with E-state index in [1.165, 1.54) is 6.92 Å². The predicted octanol–water partition coefficient (Wildman–Crippen LogP) is 5.04. The lowest BCUT2D eigenvalue weighted by atomic mass is 9.44. The summed E-state index contributed by atoms with van der Waals surface area (Å²) < 4.78 is 5.67. The van der Waals surface area contributed by atoms with E-state index in [1.807, 2.05) is 13.0 Å². The zero-order chi connectivity index (χ0) is 19.0. The number of ether oxygens (including phenoxy) is 1. The first-order valence-electron chi connectivity index (χ1n) is 9.65. The van der Waals surface area contributed by atoms with Crippen molar-refractivity contribution in [1.82, 2.24) is 0 Å². The van der Waals surface area contributed by atoms with Crippen LogP contribution in [0.15, 0.2) is 24.8 Å². The van der Waals surface area contributed by atoms with Gasteiger partial charge in [-0.05, 0) is 62.7 Å². The fourth-order valence-electron chi connectivity index (χ4n) is 5.99. The van der Waals surface area contributed by atoms with Crippen molar-refractivity contribution in [3.63, 3.8) is 0 Å². The number of esters is 1. The molecule has 0 saturated heterocycles. The van der Waals surface area contributed by atoms with E-state index in [-0.39, 0.29) is 28.8 Å². The second-order valence-corrected chi connectivity index (χ2v) is 9.37. The minimum atomic E-state index is -0.656. The third-order valence-electron chi connectivity index (χ3n) is 7.31. The average molecular weight is 349 g/mol. The van der Waals surface area contributed by atoms with Crippen LogP contribution >= 0.6 is 0 Å². The molecule has 5 atom stereocenters. The number of hydrogen-bond acceptors (Lipinski definition) is 3. The van der Waals surface area contributed by atoms with Crippen molar-refractivity contribution in [2.24, 2.45) is 22.7 Å². The van der Waals surface area contributed by atoms with Gasteiger partial charge < -0.3 is 9.84 Å². The lowest BCUT2D eigenvalue weighted by molar-refractivity contribution is -0.206. The Hall–Kier alpha value is -1.09. The maximum absolute atomic E-state index is 11.5. The van der Waals surface area contributed by atoms with Crippen LogP contribution in [0.1, 0.15) is 73.1 Å². The first-order chi connectivity index (χ1) is 11.4. The van der Waals surface area contributed by atoms with Crippen molar-refractivity contribution in [3.8, 4) is 0 Å². The van der Waals surface area contributed by atoms with Crippen LogP contribution in [0.25, 0.3) is 0 Å². The van der Waals surface area contributed by atoms with E-state index in [1.54, 1.807) is 0 Å². The Morgan fingerprint density at radius 2 is 1.88 bits per heavy atom. The van der Waals surface area contributed by atoms with Crippen molar-refractivity contribution < 1.29 is 14.6 Å². The molecule has 0 aliphatic heterocycles. The molecule has 0 bridgehead atoms. The van der Waals surface area contributed by atoms with Crippen LogP contribution in [-0.4, -0.2) is 22.8 Å². The smallest absolute Gasteiger partial charge is 0.302 e. The number of hydrogen-bond donors (Lipinski definition) is 1. The van der Waals surface area contributed by atoms with Crippen LogP contribution < -0.4 is 0 Å². The quantitative estimate of drug-likeness (QED) is 0.559. The highest BCUT2D eigenvalue weighted by molar-refractivity contribution is 5.66. The van der Waals surface area contributed by atoms with Crippen molar-refractivity contribution in [3.05, 3.63) is 24.8 Å². The molecule has 2 aliphatic rings. The molecule has 3 heteroatoms. The first-order valence-corrected chi connectivity index (χ1v) is 9.65. The minimum absolute atomic E-state index is 0.0325. The molecule has 2 rings (SSSR count). The van der Waals surface area contributed by atoms with Gasteiger partial charge in [0.15, 0.2) is 0 Å². The molecule has 25 heavy (non-hydrogen) atoms. The summed E-state index contributed by atoms with van der Waals surface area (Å²) in [6.45, 7) is 18.2.